The van der Waals surface area contributed by atoms with E-state index in [9.17, 15) is 10.5 Å². The molecule has 0 heterocycles. The summed E-state index contributed by atoms with van der Waals surface area (Å²) in [5.74, 6) is 0.237. The van der Waals surface area contributed by atoms with Gasteiger partial charge in [-0.25, -0.2) is 0 Å². The summed E-state index contributed by atoms with van der Waals surface area (Å²) >= 11 is 0. The zero-order chi connectivity index (χ0) is 19.6. The first-order chi connectivity index (χ1) is 12.1. The second-order valence-corrected chi connectivity index (χ2v) is 13.1. The van der Waals surface area contributed by atoms with Crippen LogP contribution in [0.4, 0.5) is 0 Å². The Bertz CT molecular complexity index is 753. The Hall–Kier alpha value is -2.08. The minimum absolute atomic E-state index is 0.0573. The van der Waals surface area contributed by atoms with E-state index in [4.69, 9.17) is 9.16 Å². The first-order valence-corrected chi connectivity index (χ1v) is 11.8. The maximum absolute atomic E-state index is 10.1. The molecule has 0 aromatic heterocycles. The van der Waals surface area contributed by atoms with Crippen molar-refractivity contribution in [1.29, 1.82) is 10.5 Å². The van der Waals surface area contributed by atoms with Crippen molar-refractivity contribution < 1.29 is 9.16 Å². The summed E-state index contributed by atoms with van der Waals surface area (Å²) in [7, 11) is -0.446. The maximum atomic E-state index is 10.1. The van der Waals surface area contributed by atoms with Gasteiger partial charge in [-0.15, -0.1) is 0 Å². The van der Waals surface area contributed by atoms with Crippen molar-refractivity contribution >= 4 is 8.32 Å². The quantitative estimate of drug-likeness (QED) is 0.708. The SMILES string of the molecule is COC1C=C(O[Si](C)(C)C(C)(C)C)C[C@@H](C#N)[C@]1(C#N)c1ccccc1. The van der Waals surface area contributed by atoms with Crippen molar-refractivity contribution in [2.45, 2.75) is 56.8 Å². The van der Waals surface area contributed by atoms with E-state index in [1.165, 1.54) is 0 Å². The Balaban J connectivity index is 2.51. The van der Waals surface area contributed by atoms with Crippen LogP contribution in [0.2, 0.25) is 18.1 Å². The van der Waals surface area contributed by atoms with Crippen LogP contribution in [0.1, 0.15) is 32.8 Å². The summed E-state index contributed by atoms with van der Waals surface area (Å²) in [5, 5.41) is 20.0. The lowest BCUT2D eigenvalue weighted by Crippen LogP contribution is -2.49. The average molecular weight is 369 g/mol. The zero-order valence-electron chi connectivity index (χ0n) is 16.5. The molecule has 26 heavy (non-hydrogen) atoms. The molecule has 1 unspecified atom stereocenters. The fourth-order valence-corrected chi connectivity index (χ4v) is 4.29. The highest BCUT2D eigenvalue weighted by molar-refractivity contribution is 6.74. The molecule has 1 aliphatic rings. The minimum Gasteiger partial charge on any atom is -0.547 e. The van der Waals surface area contributed by atoms with Crippen molar-refractivity contribution in [1.82, 2.24) is 0 Å². The van der Waals surface area contributed by atoms with Gasteiger partial charge in [0.2, 0.25) is 8.32 Å². The molecule has 2 rings (SSSR count). The van der Waals surface area contributed by atoms with E-state index >= 15 is 0 Å². The number of hydrogen-bond acceptors (Lipinski definition) is 4. The van der Waals surface area contributed by atoms with Crippen LogP contribution in [-0.2, 0) is 14.6 Å². The molecule has 4 nitrogen and oxygen atoms in total. The second-order valence-electron chi connectivity index (χ2n) is 8.38. The van der Waals surface area contributed by atoms with E-state index in [0.29, 0.717) is 6.42 Å². The topological polar surface area (TPSA) is 66.0 Å². The van der Waals surface area contributed by atoms with E-state index in [2.05, 4.69) is 46.0 Å². The van der Waals surface area contributed by atoms with Crippen LogP contribution < -0.4 is 0 Å². The lowest BCUT2D eigenvalue weighted by atomic mass is 9.64. The Labute approximate surface area is 158 Å². The van der Waals surface area contributed by atoms with Crippen LogP contribution in [0.5, 0.6) is 0 Å². The number of hydrogen-bond donors (Lipinski definition) is 0. The number of rotatable bonds is 4. The van der Waals surface area contributed by atoms with Crippen molar-refractivity contribution in [3.05, 3.63) is 47.7 Å². The molecule has 0 fully saturated rings. The van der Waals surface area contributed by atoms with E-state index in [-0.39, 0.29) is 5.04 Å². The molecule has 0 amide bonds. The van der Waals surface area contributed by atoms with Crippen LogP contribution in [0.25, 0.3) is 0 Å². The van der Waals surface area contributed by atoms with Gasteiger partial charge in [0.25, 0.3) is 0 Å². The van der Waals surface area contributed by atoms with Gasteiger partial charge in [0.1, 0.15) is 11.5 Å². The van der Waals surface area contributed by atoms with Gasteiger partial charge in [0.15, 0.2) is 0 Å². The molecule has 0 aliphatic heterocycles. The smallest absolute Gasteiger partial charge is 0.250 e. The normalized spacial score (nSPS) is 26.4. The van der Waals surface area contributed by atoms with E-state index in [1.807, 2.05) is 36.4 Å². The van der Waals surface area contributed by atoms with Crippen LogP contribution in [0.15, 0.2) is 42.2 Å². The Morgan fingerprint density at radius 3 is 2.23 bits per heavy atom. The fourth-order valence-electron chi connectivity index (χ4n) is 3.17. The van der Waals surface area contributed by atoms with Crippen LogP contribution in [0.3, 0.4) is 0 Å². The lowest BCUT2D eigenvalue weighted by molar-refractivity contribution is 0.0591. The molecule has 0 spiro atoms. The van der Waals surface area contributed by atoms with E-state index < -0.39 is 25.8 Å². The van der Waals surface area contributed by atoms with Gasteiger partial charge in [-0.3, -0.25) is 0 Å². The number of benzene rings is 1. The number of allylic oxidation sites excluding steroid dienone is 1. The third kappa shape index (κ3) is 3.42. The Morgan fingerprint density at radius 1 is 1.15 bits per heavy atom. The molecule has 1 aromatic rings. The molecule has 1 aliphatic carbocycles. The standard InChI is InChI=1S/C21H28N2O2Si/c1-20(2,3)26(5,6)25-18-12-17(14-22)21(15-23,19(13-18)24-4)16-10-8-7-9-11-16/h7-11,13,17,19H,12H2,1-6H3/t17-,19?,21-/m0/s1. The van der Waals surface area contributed by atoms with Crippen molar-refractivity contribution in [3.8, 4) is 12.1 Å². The number of ether oxygens (including phenoxy) is 1. The van der Waals surface area contributed by atoms with Crippen molar-refractivity contribution in [3.63, 3.8) is 0 Å². The van der Waals surface area contributed by atoms with Crippen LogP contribution >= 0.6 is 0 Å². The molecule has 0 radical (unpaired) electrons. The van der Waals surface area contributed by atoms with E-state index in [0.717, 1.165) is 11.3 Å². The minimum atomic E-state index is -2.03. The molecule has 1 aromatic carbocycles. The highest BCUT2D eigenvalue weighted by atomic mass is 28.4. The van der Waals surface area contributed by atoms with Gasteiger partial charge in [-0.05, 0) is 29.8 Å². The van der Waals surface area contributed by atoms with E-state index in [1.54, 1.807) is 7.11 Å². The van der Waals surface area contributed by atoms with Gasteiger partial charge in [-0.1, -0.05) is 51.1 Å². The van der Waals surface area contributed by atoms with Crippen molar-refractivity contribution in [2.24, 2.45) is 5.92 Å². The summed E-state index contributed by atoms with van der Waals surface area (Å²) < 4.78 is 12.1. The monoisotopic (exact) mass is 368 g/mol. The molecule has 0 N–H and O–H groups in total. The average Bonchev–Trinajstić information content (AvgIpc) is 2.60. The molecule has 0 bridgehead atoms. The molecule has 3 atom stereocenters. The van der Waals surface area contributed by atoms with Crippen LogP contribution in [0, 0.1) is 28.6 Å². The molecular formula is C21H28N2O2Si. The van der Waals surface area contributed by atoms with Gasteiger partial charge >= 0.3 is 0 Å². The third-order valence-corrected chi connectivity index (χ3v) is 10.2. The maximum Gasteiger partial charge on any atom is 0.250 e. The lowest BCUT2D eigenvalue weighted by Gasteiger charge is -2.43. The second kappa shape index (κ2) is 7.27. The highest BCUT2D eigenvalue weighted by Gasteiger charge is 2.52. The number of methoxy groups -OCH3 is 1. The van der Waals surface area contributed by atoms with Crippen molar-refractivity contribution in [2.75, 3.05) is 7.11 Å². The predicted octanol–water partition coefficient (Wildman–Crippen LogP) is 4.91. The predicted molar refractivity (Wildman–Crippen MR) is 105 cm³/mol. The summed E-state index contributed by atoms with van der Waals surface area (Å²) in [6.45, 7) is 10.9. The third-order valence-electron chi connectivity index (χ3n) is 5.78. The summed E-state index contributed by atoms with van der Waals surface area (Å²) in [5.41, 5.74) is -0.228. The largest absolute Gasteiger partial charge is 0.547 e. The van der Waals surface area contributed by atoms with Gasteiger partial charge < -0.3 is 9.16 Å². The van der Waals surface area contributed by atoms with Crippen LogP contribution in [-0.4, -0.2) is 21.5 Å². The Morgan fingerprint density at radius 2 is 1.77 bits per heavy atom. The van der Waals surface area contributed by atoms with Gasteiger partial charge in [0.05, 0.1) is 23.8 Å². The molecular weight excluding hydrogens is 340 g/mol. The zero-order valence-corrected chi connectivity index (χ0v) is 17.5. The fraction of sp³-hybridized carbons (Fsp3) is 0.524. The first-order valence-electron chi connectivity index (χ1n) is 8.91. The van der Waals surface area contributed by atoms with Gasteiger partial charge in [-0.2, -0.15) is 10.5 Å². The first kappa shape index (κ1) is 20.2. The Kier molecular flexibility index (Phi) is 5.66. The molecule has 5 heteroatoms. The molecule has 0 saturated heterocycles. The number of nitrogens with zero attached hydrogens (tertiary/aromatic N) is 2. The molecule has 0 saturated carbocycles. The summed E-state index contributed by atoms with van der Waals surface area (Å²) in [6, 6.07) is 14.2. The number of nitriles is 2. The molecule has 138 valence electrons. The van der Waals surface area contributed by atoms with Gasteiger partial charge in [0, 0.05) is 13.5 Å². The summed E-state index contributed by atoms with van der Waals surface area (Å²) in [4.78, 5) is 0. The summed E-state index contributed by atoms with van der Waals surface area (Å²) in [6.07, 6.45) is 1.80. The highest BCUT2D eigenvalue weighted by Crippen LogP contribution is 2.46.